The maximum Gasteiger partial charge on any atom is 0.220 e. The van der Waals surface area contributed by atoms with Gasteiger partial charge in [0.05, 0.1) is 6.20 Å². The lowest BCUT2D eigenvalue weighted by Crippen LogP contribution is -2.38. The number of carbonyl (C=O) groups excluding carboxylic acids is 1. The van der Waals surface area contributed by atoms with Crippen molar-refractivity contribution in [3.8, 4) is 0 Å². The van der Waals surface area contributed by atoms with E-state index in [4.69, 9.17) is 0 Å². The van der Waals surface area contributed by atoms with Gasteiger partial charge in [0.2, 0.25) is 5.91 Å². The molecule has 3 rings (SSSR count). The zero-order valence-electron chi connectivity index (χ0n) is 12.9. The Morgan fingerprint density at radius 2 is 2.32 bits per heavy atom. The molecule has 0 bridgehead atoms. The van der Waals surface area contributed by atoms with E-state index in [1.54, 1.807) is 4.68 Å². The number of carbonyl (C=O) groups is 1. The predicted octanol–water partition coefficient (Wildman–Crippen LogP) is 1.36. The number of hydrogen-bond acceptors (Lipinski definition) is 3. The van der Waals surface area contributed by atoms with E-state index < -0.39 is 0 Å². The molecule has 1 aromatic heterocycles. The van der Waals surface area contributed by atoms with Gasteiger partial charge in [0.25, 0.3) is 0 Å². The lowest BCUT2D eigenvalue weighted by molar-refractivity contribution is -0.121. The highest BCUT2D eigenvalue weighted by Gasteiger charge is 2.19. The highest BCUT2D eigenvalue weighted by molar-refractivity contribution is 5.76. The Kier molecular flexibility index (Phi) is 4.53. The van der Waals surface area contributed by atoms with Crippen LogP contribution in [0.5, 0.6) is 0 Å². The summed E-state index contributed by atoms with van der Waals surface area (Å²) in [5.41, 5.74) is 3.79. The Bertz CT molecular complexity index is 650. The monoisotopic (exact) mass is 298 g/mol. The van der Waals surface area contributed by atoms with Gasteiger partial charge in [0.15, 0.2) is 0 Å². The fourth-order valence-electron chi connectivity index (χ4n) is 2.94. The molecule has 0 radical (unpaired) electrons. The van der Waals surface area contributed by atoms with Crippen LogP contribution in [0, 0.1) is 0 Å². The molecule has 1 amide bonds. The third-order valence-corrected chi connectivity index (χ3v) is 4.12. The molecule has 5 nitrogen and oxygen atoms in total. The molecule has 1 unspecified atom stereocenters. The number of nitrogens with zero attached hydrogens (tertiary/aromatic N) is 2. The maximum absolute atomic E-state index is 12.0. The summed E-state index contributed by atoms with van der Waals surface area (Å²) in [4.78, 5) is 12.0. The van der Waals surface area contributed by atoms with E-state index in [2.05, 4.69) is 40.0 Å². The van der Waals surface area contributed by atoms with Gasteiger partial charge < -0.3 is 10.6 Å². The molecular weight excluding hydrogens is 276 g/mol. The van der Waals surface area contributed by atoms with Crippen molar-refractivity contribution in [1.82, 2.24) is 20.4 Å². The SMILES string of the molecule is Cn1cc(CCC(=O)NCC2NCCc3ccccc32)cn1. The molecule has 1 aliphatic heterocycles. The summed E-state index contributed by atoms with van der Waals surface area (Å²) in [6.07, 6.45) is 6.05. The quantitative estimate of drug-likeness (QED) is 0.876. The molecule has 5 heteroatoms. The van der Waals surface area contributed by atoms with Gasteiger partial charge in [-0.1, -0.05) is 24.3 Å². The minimum atomic E-state index is 0.0914. The molecule has 1 atom stereocenters. The van der Waals surface area contributed by atoms with Crippen molar-refractivity contribution in [2.45, 2.75) is 25.3 Å². The number of amides is 1. The number of benzene rings is 1. The second kappa shape index (κ2) is 6.75. The van der Waals surface area contributed by atoms with Crippen LogP contribution in [0.1, 0.15) is 29.2 Å². The number of fused-ring (bicyclic) bond motifs is 1. The fourth-order valence-corrected chi connectivity index (χ4v) is 2.94. The van der Waals surface area contributed by atoms with Crippen LogP contribution in [-0.2, 0) is 24.7 Å². The van der Waals surface area contributed by atoms with Crippen molar-refractivity contribution < 1.29 is 4.79 Å². The third-order valence-electron chi connectivity index (χ3n) is 4.12. The Labute approximate surface area is 130 Å². The molecule has 0 saturated carbocycles. The first-order valence-electron chi connectivity index (χ1n) is 7.78. The van der Waals surface area contributed by atoms with Crippen molar-refractivity contribution in [2.75, 3.05) is 13.1 Å². The van der Waals surface area contributed by atoms with Crippen LogP contribution < -0.4 is 10.6 Å². The van der Waals surface area contributed by atoms with Gasteiger partial charge >= 0.3 is 0 Å². The molecule has 2 heterocycles. The minimum Gasteiger partial charge on any atom is -0.354 e. The zero-order valence-corrected chi connectivity index (χ0v) is 12.9. The number of aryl methyl sites for hydroxylation is 2. The van der Waals surface area contributed by atoms with Crippen LogP contribution in [0.3, 0.4) is 0 Å². The second-order valence-electron chi connectivity index (χ2n) is 5.78. The maximum atomic E-state index is 12.0. The van der Waals surface area contributed by atoms with Crippen molar-refractivity contribution in [3.05, 3.63) is 53.3 Å². The van der Waals surface area contributed by atoms with Gasteiger partial charge in [0, 0.05) is 32.3 Å². The van der Waals surface area contributed by atoms with Crippen LogP contribution >= 0.6 is 0 Å². The molecule has 0 saturated heterocycles. The fraction of sp³-hybridized carbons (Fsp3) is 0.412. The Hall–Kier alpha value is -2.14. The van der Waals surface area contributed by atoms with E-state index in [0.717, 1.165) is 24.9 Å². The highest BCUT2D eigenvalue weighted by Crippen LogP contribution is 2.21. The number of aromatic nitrogens is 2. The van der Waals surface area contributed by atoms with Gasteiger partial charge in [-0.25, -0.2) is 0 Å². The number of hydrogen-bond donors (Lipinski definition) is 2. The molecule has 22 heavy (non-hydrogen) atoms. The molecular formula is C17H22N4O. The van der Waals surface area contributed by atoms with Crippen molar-refractivity contribution in [1.29, 1.82) is 0 Å². The van der Waals surface area contributed by atoms with E-state index in [9.17, 15) is 4.79 Å². The molecule has 1 aliphatic rings. The van der Waals surface area contributed by atoms with Crippen LogP contribution in [0.2, 0.25) is 0 Å². The first kappa shape index (κ1) is 14.8. The zero-order chi connectivity index (χ0) is 15.4. The molecule has 2 aromatic rings. The van der Waals surface area contributed by atoms with Gasteiger partial charge in [-0.3, -0.25) is 9.48 Å². The molecule has 2 N–H and O–H groups in total. The summed E-state index contributed by atoms with van der Waals surface area (Å²) < 4.78 is 1.76. The van der Waals surface area contributed by atoms with E-state index in [1.807, 2.05) is 19.4 Å². The topological polar surface area (TPSA) is 59.0 Å². The molecule has 116 valence electrons. The molecule has 1 aromatic carbocycles. The van der Waals surface area contributed by atoms with Gasteiger partial charge in [-0.05, 0) is 36.1 Å². The van der Waals surface area contributed by atoms with E-state index in [1.165, 1.54) is 11.1 Å². The predicted molar refractivity (Wildman–Crippen MR) is 85.4 cm³/mol. The summed E-state index contributed by atoms with van der Waals surface area (Å²) in [5, 5.41) is 10.6. The average molecular weight is 298 g/mol. The van der Waals surface area contributed by atoms with Crippen molar-refractivity contribution in [3.63, 3.8) is 0 Å². The van der Waals surface area contributed by atoms with Crippen LogP contribution in [-0.4, -0.2) is 28.8 Å². The van der Waals surface area contributed by atoms with Crippen molar-refractivity contribution in [2.24, 2.45) is 7.05 Å². The molecule has 0 spiro atoms. The normalized spacial score (nSPS) is 17.0. The average Bonchev–Trinajstić information content (AvgIpc) is 2.96. The summed E-state index contributed by atoms with van der Waals surface area (Å²) in [6, 6.07) is 8.67. The molecule has 0 aliphatic carbocycles. The molecule has 0 fully saturated rings. The van der Waals surface area contributed by atoms with Crippen molar-refractivity contribution >= 4 is 5.91 Å². The van der Waals surface area contributed by atoms with Crippen LogP contribution in [0.15, 0.2) is 36.7 Å². The lowest BCUT2D eigenvalue weighted by Gasteiger charge is -2.27. The smallest absolute Gasteiger partial charge is 0.220 e. The summed E-state index contributed by atoms with van der Waals surface area (Å²) in [5.74, 6) is 0.0914. The third kappa shape index (κ3) is 3.54. The van der Waals surface area contributed by atoms with Gasteiger partial charge in [0.1, 0.15) is 0 Å². The Balaban J connectivity index is 1.49. The standard InChI is InChI=1S/C17H22N4O/c1-21-12-13(10-20-21)6-7-17(22)19-11-16-15-5-3-2-4-14(15)8-9-18-16/h2-5,10,12,16,18H,6-9,11H2,1H3,(H,19,22). The summed E-state index contributed by atoms with van der Waals surface area (Å²) in [6.45, 7) is 1.61. The lowest BCUT2D eigenvalue weighted by atomic mass is 9.94. The largest absolute Gasteiger partial charge is 0.354 e. The van der Waals surface area contributed by atoms with E-state index in [0.29, 0.717) is 13.0 Å². The summed E-state index contributed by atoms with van der Waals surface area (Å²) in [7, 11) is 1.88. The van der Waals surface area contributed by atoms with E-state index in [-0.39, 0.29) is 11.9 Å². The number of nitrogens with one attached hydrogen (secondary N) is 2. The summed E-state index contributed by atoms with van der Waals surface area (Å²) >= 11 is 0. The van der Waals surface area contributed by atoms with Crippen LogP contribution in [0.4, 0.5) is 0 Å². The van der Waals surface area contributed by atoms with Gasteiger partial charge in [-0.2, -0.15) is 5.10 Å². The van der Waals surface area contributed by atoms with Crippen LogP contribution in [0.25, 0.3) is 0 Å². The van der Waals surface area contributed by atoms with Gasteiger partial charge in [-0.15, -0.1) is 0 Å². The first-order valence-corrected chi connectivity index (χ1v) is 7.78. The Morgan fingerprint density at radius 1 is 1.45 bits per heavy atom. The highest BCUT2D eigenvalue weighted by atomic mass is 16.1. The number of rotatable bonds is 5. The first-order chi connectivity index (χ1) is 10.7. The second-order valence-corrected chi connectivity index (χ2v) is 5.78. The Morgan fingerprint density at radius 3 is 3.14 bits per heavy atom. The minimum absolute atomic E-state index is 0.0914. The van der Waals surface area contributed by atoms with E-state index >= 15 is 0 Å².